The number of urea groups is 1. The van der Waals surface area contributed by atoms with E-state index in [4.69, 9.17) is 24.1 Å². The number of rotatable bonds is 33. The maximum absolute atomic E-state index is 10.8. The van der Waals surface area contributed by atoms with E-state index in [0.717, 1.165) is 13.0 Å². The summed E-state index contributed by atoms with van der Waals surface area (Å²) in [5.74, 6) is 0. The van der Waals surface area contributed by atoms with Gasteiger partial charge in [-0.05, 0) is 31.0 Å². The third kappa shape index (κ3) is 106. The van der Waals surface area contributed by atoms with Crippen LogP contribution in [0.3, 0.4) is 0 Å². The molecule has 0 fully saturated rings. The fourth-order valence-electron chi connectivity index (χ4n) is 5.57. The van der Waals surface area contributed by atoms with E-state index < -0.39 is 26.7 Å². The first-order valence-electron chi connectivity index (χ1n) is 22.2. The van der Waals surface area contributed by atoms with Gasteiger partial charge >= 0.3 is 17.5 Å². The highest BCUT2D eigenvalue weighted by molar-refractivity contribution is 8.26. The Morgan fingerprint density at radius 2 is 0.755 bits per heavy atom. The number of hydrogen-bond donors (Lipinski definition) is 6. The lowest BCUT2D eigenvalue weighted by Gasteiger charge is -2.04. The third-order valence-corrected chi connectivity index (χ3v) is 8.37. The molecule has 0 aromatic carbocycles. The summed E-state index contributed by atoms with van der Waals surface area (Å²) in [7, 11) is 7.36. The average Bonchev–Trinajstić information content (AvgIpc) is 3.18. The van der Waals surface area contributed by atoms with Crippen molar-refractivity contribution in [3.05, 3.63) is 0 Å². The minimum absolute atomic E-state index is 0.397. The van der Waals surface area contributed by atoms with Crippen LogP contribution in [-0.2, 0) is 9.23 Å². The second-order valence-corrected chi connectivity index (χ2v) is 16.3. The second kappa shape index (κ2) is 60.2. The maximum Gasteiger partial charge on any atom is 0.402 e. The van der Waals surface area contributed by atoms with E-state index in [0.29, 0.717) is 6.54 Å². The number of carboxylic acid groups (broad SMARTS) is 1. The Morgan fingerprint density at radius 3 is 0.943 bits per heavy atom. The highest BCUT2D eigenvalue weighted by Gasteiger charge is 1.96. The highest BCUT2D eigenvalue weighted by Crippen LogP contribution is 2.15. The van der Waals surface area contributed by atoms with Crippen LogP contribution in [0.15, 0.2) is 0 Å². The molecule has 0 radical (unpaired) electrons. The SMILES string of the molecule is CCCCCCCCCCCCCCCCCCN.O=S(Cl)Cl.[2H]NC(=O)Cl.[2H]NC(=O)NCCCCCCCCCCCCCCCCCC.[2H]NC(=O)O. The van der Waals surface area contributed by atoms with Crippen molar-refractivity contribution in [3.8, 4) is 0 Å². The molecule has 0 spiro atoms. The molecule has 0 saturated heterocycles. The van der Waals surface area contributed by atoms with Crippen molar-refractivity contribution in [3.63, 3.8) is 0 Å². The van der Waals surface area contributed by atoms with Gasteiger partial charge in [0.1, 0.15) is 0 Å². The van der Waals surface area contributed by atoms with Crippen LogP contribution < -0.4 is 28.2 Å². The highest BCUT2D eigenvalue weighted by atomic mass is 36.0. The molecule has 322 valence electrons. The lowest BCUT2D eigenvalue weighted by molar-refractivity contribution is 0.205. The number of carbonyl (C=O) groups excluding carboxylic acids is 2. The third-order valence-electron chi connectivity index (χ3n) is 8.37. The van der Waals surface area contributed by atoms with E-state index in [1.807, 2.05) is 5.73 Å². The summed E-state index contributed by atoms with van der Waals surface area (Å²) in [6.07, 6.45) is 43.3. The van der Waals surface area contributed by atoms with E-state index >= 15 is 0 Å². The number of carbonyl (C=O) groups is 3. The van der Waals surface area contributed by atoms with Gasteiger partial charge in [-0.3, -0.25) is 4.79 Å². The summed E-state index contributed by atoms with van der Waals surface area (Å²) in [5.41, 5.74) is 9.90. The van der Waals surface area contributed by atoms with Crippen molar-refractivity contribution in [2.45, 2.75) is 219 Å². The molecule has 0 saturated carbocycles. The molecular weight excluding hydrogens is 757 g/mol. The van der Waals surface area contributed by atoms with Crippen LogP contribution in [0.2, 0.25) is 4.24 Å². The molecule has 0 atom stereocenters. The summed E-state index contributed by atoms with van der Waals surface area (Å²) < 4.78 is 27.5. The monoisotopic (exact) mass is 843 g/mol. The summed E-state index contributed by atoms with van der Waals surface area (Å²) in [5, 5.41) is 9.21. The van der Waals surface area contributed by atoms with E-state index in [9.17, 15) is 9.59 Å². The van der Waals surface area contributed by atoms with Crippen LogP contribution >= 0.6 is 33.0 Å². The molecule has 0 unspecified atom stereocenters. The summed E-state index contributed by atoms with van der Waals surface area (Å²) in [4.78, 5) is 29.1. The smallest absolute Gasteiger partial charge is 0.402 e. The van der Waals surface area contributed by atoms with E-state index in [2.05, 4.69) is 52.1 Å². The van der Waals surface area contributed by atoms with E-state index in [1.54, 1.807) is 0 Å². The summed E-state index contributed by atoms with van der Waals surface area (Å²) in [6.45, 7) is 6.12. The fraction of sp³-hybridized carbons (Fsp3) is 0.923. The largest absolute Gasteiger partial charge is 0.465 e. The molecule has 10 N–H and O–H groups in total. The van der Waals surface area contributed by atoms with E-state index in [-0.39, 0.29) is 0 Å². The molecule has 10 nitrogen and oxygen atoms in total. The number of unbranched alkanes of at least 4 members (excludes halogenated alkanes) is 30. The number of amides is 4. The first-order valence-corrected chi connectivity index (χ1v) is 23.9. The Bertz CT molecular complexity index is 775. The van der Waals surface area contributed by atoms with Crippen LogP contribution in [0, 0.1) is 0 Å². The quantitative estimate of drug-likeness (QED) is 0.0215. The zero-order valence-corrected chi connectivity index (χ0v) is 36.8. The summed E-state index contributed by atoms with van der Waals surface area (Å²) >= 11 is 4.52. The predicted molar refractivity (Wildman–Crippen MR) is 233 cm³/mol. The average molecular weight is 845 g/mol. The molecule has 0 aliphatic carbocycles. The standard InChI is InChI=1S/C19H40N2O.C18H39N.CH2ClNO.CH3NO2.Cl2OS/c1-2-3-4-5-6-7-8-9-10-11-12-13-14-15-16-17-18-21-19(20)22;1-2-3-4-5-6-7-8-9-10-11-12-13-14-15-16-17-18-19;2*2-1(3)4;1-4(2)3/h2-18H2,1H3,(H3,20,21,22);2-19H2,1H3;(H2,3,4);2H2,(H,3,4);/i/hD3. The zero-order valence-electron chi connectivity index (χ0n) is 36.7. The molecule has 0 aliphatic rings. The van der Waals surface area contributed by atoms with Gasteiger partial charge in [-0.2, -0.15) is 0 Å². The van der Waals surface area contributed by atoms with Gasteiger partial charge in [-0.15, -0.1) is 0 Å². The number of nitrogens with two attached hydrogens (primary N) is 4. The molecule has 0 aliphatic heterocycles. The number of nitrogens with one attached hydrogen (secondary N) is 1. The minimum Gasteiger partial charge on any atom is -0.465 e. The molecule has 0 bridgehead atoms. The Labute approximate surface area is 346 Å². The second-order valence-electron chi connectivity index (χ2n) is 13.4. The van der Waals surface area contributed by atoms with Gasteiger partial charge in [-0.1, -0.05) is 206 Å². The molecule has 0 aromatic heterocycles. The zero-order chi connectivity index (χ0) is 43.2. The van der Waals surface area contributed by atoms with Crippen molar-refractivity contribution < 1.29 is 27.9 Å². The van der Waals surface area contributed by atoms with Gasteiger partial charge in [0.25, 0.3) is 0 Å². The predicted octanol–water partition coefficient (Wildman–Crippen LogP) is 13.1. The summed E-state index contributed by atoms with van der Waals surface area (Å²) in [6, 6.07) is -0.397. The normalized spacial score (nSPS) is 10.6. The fourth-order valence-corrected chi connectivity index (χ4v) is 5.57. The molecule has 0 rings (SSSR count). The number of hydrogen-bond acceptors (Lipinski definition) is 5. The van der Waals surface area contributed by atoms with Crippen LogP contribution in [0.1, 0.15) is 219 Å². The van der Waals surface area contributed by atoms with Crippen molar-refractivity contribution in [1.82, 2.24) is 5.32 Å². The van der Waals surface area contributed by atoms with E-state index in [1.165, 1.54) is 210 Å². The Balaban J connectivity index is -0.000000233. The van der Waals surface area contributed by atoms with Gasteiger partial charge in [0.05, 0.1) is 0 Å². The van der Waals surface area contributed by atoms with Gasteiger partial charge < -0.3 is 33.3 Å². The first kappa shape index (κ1) is 54.1. The molecular formula is C39H84Cl3N5O5S. The van der Waals surface area contributed by atoms with Crippen LogP contribution in [-0.4, -0.2) is 39.9 Å². The number of halogens is 3. The van der Waals surface area contributed by atoms with Crippen LogP contribution in [0.25, 0.3) is 0 Å². The maximum atomic E-state index is 10.8. The van der Waals surface area contributed by atoms with Crippen molar-refractivity contribution >= 4 is 59.7 Å². The molecule has 14 heteroatoms. The van der Waals surface area contributed by atoms with Gasteiger partial charge in [0, 0.05) is 27.9 Å². The molecule has 0 heterocycles. The van der Waals surface area contributed by atoms with Crippen molar-refractivity contribution in [2.24, 2.45) is 22.9 Å². The number of primary amides is 3. The van der Waals surface area contributed by atoms with Crippen LogP contribution in [0.4, 0.5) is 14.4 Å². The molecule has 53 heavy (non-hydrogen) atoms. The lowest BCUT2D eigenvalue weighted by atomic mass is 10.0. The van der Waals surface area contributed by atoms with Gasteiger partial charge in [0.15, 0.2) is 4.24 Å². The van der Waals surface area contributed by atoms with Crippen molar-refractivity contribution in [1.29, 1.82) is 0 Å². The lowest BCUT2D eigenvalue weighted by Crippen LogP contribution is -2.29. The Kier molecular flexibility index (Phi) is 61.5. The minimum atomic E-state index is -1.67. The van der Waals surface area contributed by atoms with Gasteiger partial charge in [0.2, 0.25) is 9.23 Å². The van der Waals surface area contributed by atoms with Gasteiger partial charge in [-0.25, -0.2) is 13.8 Å². The first-order chi connectivity index (χ1) is 27.0. The Morgan fingerprint density at radius 1 is 0.528 bits per heavy atom. The topological polar surface area (TPSA) is 205 Å². The van der Waals surface area contributed by atoms with Crippen molar-refractivity contribution in [2.75, 3.05) is 13.1 Å². The van der Waals surface area contributed by atoms with Crippen LogP contribution in [0.5, 0.6) is 0 Å². The molecule has 4 amide bonds. The molecule has 0 aromatic rings. The Hall–Kier alpha value is -1.01.